The van der Waals surface area contributed by atoms with E-state index in [1.54, 1.807) is 7.05 Å². The van der Waals surface area contributed by atoms with E-state index in [9.17, 15) is 13.6 Å². The first-order chi connectivity index (χ1) is 13.8. The van der Waals surface area contributed by atoms with Crippen LogP contribution in [-0.4, -0.2) is 42.2 Å². The van der Waals surface area contributed by atoms with Gasteiger partial charge in [0, 0.05) is 49.1 Å². The van der Waals surface area contributed by atoms with Crippen molar-refractivity contribution in [1.82, 2.24) is 29.3 Å². The topological polar surface area (TPSA) is 68.3 Å². The van der Waals surface area contributed by atoms with Crippen molar-refractivity contribution in [1.29, 1.82) is 0 Å². The van der Waals surface area contributed by atoms with Crippen molar-refractivity contribution >= 4 is 11.6 Å². The summed E-state index contributed by atoms with van der Waals surface area (Å²) >= 11 is 0. The van der Waals surface area contributed by atoms with E-state index < -0.39 is 6.43 Å². The zero-order valence-corrected chi connectivity index (χ0v) is 17.0. The Morgan fingerprint density at radius 1 is 1.28 bits per heavy atom. The van der Waals surface area contributed by atoms with Crippen LogP contribution in [0.15, 0.2) is 12.1 Å². The monoisotopic (exact) mass is 402 g/mol. The molecular formula is C20H24F2N6O. The molecule has 1 aliphatic rings. The van der Waals surface area contributed by atoms with Gasteiger partial charge in [-0.1, -0.05) is 0 Å². The summed E-state index contributed by atoms with van der Waals surface area (Å²) in [6.45, 7) is 7.02. The van der Waals surface area contributed by atoms with Crippen LogP contribution < -0.4 is 0 Å². The third kappa shape index (κ3) is 3.49. The van der Waals surface area contributed by atoms with Gasteiger partial charge in [0.25, 0.3) is 12.3 Å². The van der Waals surface area contributed by atoms with Crippen LogP contribution in [0.5, 0.6) is 0 Å². The number of hydrogen-bond acceptors (Lipinski definition) is 4. The lowest BCUT2D eigenvalue weighted by molar-refractivity contribution is 0.0777. The summed E-state index contributed by atoms with van der Waals surface area (Å²) < 4.78 is 30.1. The number of rotatable bonds is 6. The Bertz CT molecular complexity index is 1080. The maximum absolute atomic E-state index is 13.5. The van der Waals surface area contributed by atoms with Crippen LogP contribution in [-0.2, 0) is 13.1 Å². The largest absolute Gasteiger partial charge is 0.336 e. The summed E-state index contributed by atoms with van der Waals surface area (Å²) in [6.07, 6.45) is -0.777. The van der Waals surface area contributed by atoms with Crippen molar-refractivity contribution in [2.75, 3.05) is 7.05 Å². The number of alkyl halides is 2. The molecule has 9 heteroatoms. The zero-order valence-electron chi connectivity index (χ0n) is 17.0. The standard InChI is InChI=1S/C20H24F2N6O/c1-5-27-12(3)14(11(2)24-27)10-26(4)20(29)16-9-18-23-15(13-6-7-13)8-17(19(21)22)28(18)25-16/h8-9,13,19H,5-7,10H2,1-4H3. The molecule has 1 fully saturated rings. The molecule has 0 aromatic carbocycles. The molecule has 7 nitrogen and oxygen atoms in total. The number of carbonyl (C=O) groups is 1. The molecule has 1 amide bonds. The lowest BCUT2D eigenvalue weighted by atomic mass is 10.2. The molecule has 0 spiro atoms. The van der Waals surface area contributed by atoms with E-state index in [1.165, 1.54) is 17.0 Å². The van der Waals surface area contributed by atoms with Crippen molar-refractivity contribution < 1.29 is 13.6 Å². The van der Waals surface area contributed by atoms with E-state index in [2.05, 4.69) is 15.2 Å². The first kappa shape index (κ1) is 19.5. The molecule has 29 heavy (non-hydrogen) atoms. The summed E-state index contributed by atoms with van der Waals surface area (Å²) in [7, 11) is 1.67. The quantitative estimate of drug-likeness (QED) is 0.631. The van der Waals surface area contributed by atoms with Gasteiger partial charge in [-0.3, -0.25) is 9.48 Å². The van der Waals surface area contributed by atoms with Crippen molar-refractivity contribution in [3.05, 3.63) is 46.2 Å². The zero-order chi connectivity index (χ0) is 20.9. The van der Waals surface area contributed by atoms with Crippen molar-refractivity contribution in [3.63, 3.8) is 0 Å². The van der Waals surface area contributed by atoms with E-state index in [1.807, 2.05) is 25.5 Å². The van der Waals surface area contributed by atoms with Crippen LogP contribution in [0.25, 0.3) is 5.65 Å². The Kier molecular flexibility index (Phi) is 4.84. The van der Waals surface area contributed by atoms with Crippen molar-refractivity contribution in [2.45, 2.75) is 59.0 Å². The predicted molar refractivity (Wildman–Crippen MR) is 103 cm³/mol. The first-order valence-corrected chi connectivity index (χ1v) is 9.77. The van der Waals surface area contributed by atoms with Crippen LogP contribution in [0.3, 0.4) is 0 Å². The number of aryl methyl sites for hydroxylation is 2. The maximum Gasteiger partial charge on any atom is 0.280 e. The highest BCUT2D eigenvalue weighted by molar-refractivity contribution is 5.93. The highest BCUT2D eigenvalue weighted by Gasteiger charge is 2.29. The van der Waals surface area contributed by atoms with Crippen molar-refractivity contribution in [2.24, 2.45) is 0 Å². The van der Waals surface area contributed by atoms with Gasteiger partial charge in [0.1, 0.15) is 5.69 Å². The number of fused-ring (bicyclic) bond motifs is 1. The molecule has 154 valence electrons. The predicted octanol–water partition coefficient (Wildman–Crippen LogP) is 3.65. The smallest absolute Gasteiger partial charge is 0.280 e. The minimum Gasteiger partial charge on any atom is -0.336 e. The van der Waals surface area contributed by atoms with Gasteiger partial charge in [-0.05, 0) is 39.7 Å². The summed E-state index contributed by atoms with van der Waals surface area (Å²) in [5, 5.41) is 8.62. The fourth-order valence-corrected chi connectivity index (χ4v) is 3.64. The van der Waals surface area contributed by atoms with Gasteiger partial charge in [-0.2, -0.15) is 10.2 Å². The van der Waals surface area contributed by atoms with E-state index in [0.717, 1.165) is 40.9 Å². The molecule has 0 N–H and O–H groups in total. The van der Waals surface area contributed by atoms with E-state index in [4.69, 9.17) is 0 Å². The average Bonchev–Trinajstić information content (AvgIpc) is 3.40. The van der Waals surface area contributed by atoms with Gasteiger partial charge >= 0.3 is 0 Å². The van der Waals surface area contributed by atoms with E-state index >= 15 is 0 Å². The highest BCUT2D eigenvalue weighted by Crippen LogP contribution is 2.40. The molecule has 0 saturated heterocycles. The van der Waals surface area contributed by atoms with Gasteiger partial charge < -0.3 is 4.90 Å². The molecule has 4 rings (SSSR count). The van der Waals surface area contributed by atoms with Gasteiger partial charge in [0.15, 0.2) is 11.3 Å². The summed E-state index contributed by atoms with van der Waals surface area (Å²) in [5.41, 5.74) is 3.67. The van der Waals surface area contributed by atoms with Crippen LogP contribution in [0, 0.1) is 13.8 Å². The van der Waals surface area contributed by atoms with Crippen LogP contribution in [0.2, 0.25) is 0 Å². The number of amides is 1. The second-order valence-corrected chi connectivity index (χ2v) is 7.61. The minimum atomic E-state index is -2.69. The highest BCUT2D eigenvalue weighted by atomic mass is 19.3. The van der Waals surface area contributed by atoms with Crippen LogP contribution in [0.1, 0.15) is 70.9 Å². The molecule has 0 atom stereocenters. The molecule has 0 radical (unpaired) electrons. The number of carbonyl (C=O) groups excluding carboxylic acids is 1. The van der Waals surface area contributed by atoms with Gasteiger partial charge in [0.05, 0.1) is 5.69 Å². The summed E-state index contributed by atoms with van der Waals surface area (Å²) in [6, 6.07) is 2.90. The summed E-state index contributed by atoms with van der Waals surface area (Å²) in [4.78, 5) is 18.9. The molecule has 3 aromatic heterocycles. The number of hydrogen-bond donors (Lipinski definition) is 0. The summed E-state index contributed by atoms with van der Waals surface area (Å²) in [5.74, 6) is -0.109. The van der Waals surface area contributed by atoms with Crippen LogP contribution >= 0.6 is 0 Å². The number of aromatic nitrogens is 5. The molecule has 1 saturated carbocycles. The normalized spacial score (nSPS) is 14.2. The SMILES string of the molecule is CCn1nc(C)c(CN(C)C(=O)c2cc3nc(C4CC4)cc(C(F)F)n3n2)c1C. The second kappa shape index (κ2) is 7.20. The molecule has 1 aliphatic carbocycles. The fraction of sp³-hybridized carbons (Fsp3) is 0.500. The van der Waals surface area contributed by atoms with Crippen molar-refractivity contribution in [3.8, 4) is 0 Å². The third-order valence-electron chi connectivity index (χ3n) is 5.49. The molecule has 0 unspecified atom stereocenters. The molecule has 3 aromatic rings. The lowest BCUT2D eigenvalue weighted by Gasteiger charge is -2.16. The molecule has 3 heterocycles. The average molecular weight is 402 g/mol. The maximum atomic E-state index is 13.5. The van der Waals surface area contributed by atoms with Crippen LogP contribution in [0.4, 0.5) is 8.78 Å². The van der Waals surface area contributed by atoms with Gasteiger partial charge in [-0.15, -0.1) is 0 Å². The Morgan fingerprint density at radius 3 is 2.59 bits per heavy atom. The molecular weight excluding hydrogens is 378 g/mol. The molecule has 0 bridgehead atoms. The first-order valence-electron chi connectivity index (χ1n) is 9.77. The number of nitrogens with zero attached hydrogens (tertiary/aromatic N) is 6. The van der Waals surface area contributed by atoms with E-state index in [-0.39, 0.29) is 28.9 Å². The lowest BCUT2D eigenvalue weighted by Crippen LogP contribution is -2.27. The Balaban J connectivity index is 1.64. The Labute approximate surface area is 167 Å². The Hall–Kier alpha value is -2.84. The third-order valence-corrected chi connectivity index (χ3v) is 5.49. The van der Waals surface area contributed by atoms with E-state index in [0.29, 0.717) is 12.2 Å². The van der Waals surface area contributed by atoms with Gasteiger partial charge in [0.2, 0.25) is 0 Å². The Morgan fingerprint density at radius 2 is 2.00 bits per heavy atom. The fourth-order valence-electron chi connectivity index (χ4n) is 3.64. The number of halogens is 2. The second-order valence-electron chi connectivity index (χ2n) is 7.61. The minimum absolute atomic E-state index is 0.105. The van der Waals surface area contributed by atoms with Gasteiger partial charge in [-0.25, -0.2) is 18.3 Å². The molecule has 0 aliphatic heterocycles.